The highest BCUT2D eigenvalue weighted by atomic mass is 32.2. The van der Waals surface area contributed by atoms with Gasteiger partial charge in [-0.25, -0.2) is 0 Å². The van der Waals surface area contributed by atoms with Crippen LogP contribution in [0.1, 0.15) is 44.9 Å². The Kier molecular flexibility index (Phi) is 5.64. The summed E-state index contributed by atoms with van der Waals surface area (Å²) in [5.41, 5.74) is 6.26. The van der Waals surface area contributed by atoms with Gasteiger partial charge in [0, 0.05) is 18.6 Å². The van der Waals surface area contributed by atoms with Gasteiger partial charge in [0.25, 0.3) is 0 Å². The molecular formula is C14H28N2S. The minimum atomic E-state index is 0.392. The van der Waals surface area contributed by atoms with Crippen LogP contribution in [0.15, 0.2) is 0 Å². The lowest BCUT2D eigenvalue weighted by Gasteiger charge is -2.45. The highest BCUT2D eigenvalue weighted by Gasteiger charge is 2.33. The van der Waals surface area contributed by atoms with E-state index in [-0.39, 0.29) is 0 Å². The van der Waals surface area contributed by atoms with Crippen LogP contribution in [0.5, 0.6) is 0 Å². The summed E-state index contributed by atoms with van der Waals surface area (Å²) in [5.74, 6) is 2.20. The summed E-state index contributed by atoms with van der Waals surface area (Å²) in [4.78, 5) is 2.72. The van der Waals surface area contributed by atoms with Gasteiger partial charge in [-0.1, -0.05) is 12.8 Å². The Bertz CT molecular complexity index is 220. The van der Waals surface area contributed by atoms with Crippen molar-refractivity contribution in [1.29, 1.82) is 0 Å². The summed E-state index contributed by atoms with van der Waals surface area (Å²) in [6.45, 7) is 2.44. The highest BCUT2D eigenvalue weighted by Crippen LogP contribution is 2.35. The molecule has 2 unspecified atom stereocenters. The van der Waals surface area contributed by atoms with E-state index in [1.807, 2.05) is 11.8 Å². The second-order valence-corrected chi connectivity index (χ2v) is 6.78. The SMILES string of the molecule is CSCC[C@H](N)CN1CCCC2CCCCC21. The fourth-order valence-electron chi connectivity index (χ4n) is 3.62. The van der Waals surface area contributed by atoms with E-state index in [0.29, 0.717) is 6.04 Å². The molecule has 2 rings (SSSR count). The predicted molar refractivity (Wildman–Crippen MR) is 77.5 cm³/mol. The first-order valence-corrected chi connectivity index (χ1v) is 8.69. The van der Waals surface area contributed by atoms with Gasteiger partial charge in [0.1, 0.15) is 0 Å². The Hall–Kier alpha value is 0.270. The van der Waals surface area contributed by atoms with Crippen LogP contribution in [0.25, 0.3) is 0 Å². The van der Waals surface area contributed by atoms with E-state index >= 15 is 0 Å². The molecular weight excluding hydrogens is 228 g/mol. The molecule has 1 aliphatic carbocycles. The van der Waals surface area contributed by atoms with Crippen LogP contribution in [0.2, 0.25) is 0 Å². The van der Waals surface area contributed by atoms with E-state index in [0.717, 1.165) is 18.5 Å². The fraction of sp³-hybridized carbons (Fsp3) is 1.00. The van der Waals surface area contributed by atoms with Crippen molar-refractivity contribution < 1.29 is 0 Å². The minimum absolute atomic E-state index is 0.392. The number of rotatable bonds is 5. The largest absolute Gasteiger partial charge is 0.327 e. The third-order valence-electron chi connectivity index (χ3n) is 4.52. The van der Waals surface area contributed by atoms with Gasteiger partial charge < -0.3 is 5.73 Å². The first-order valence-electron chi connectivity index (χ1n) is 7.30. The third kappa shape index (κ3) is 3.87. The Morgan fingerprint density at radius 2 is 2.00 bits per heavy atom. The maximum absolute atomic E-state index is 6.26. The number of thioether (sulfide) groups is 1. The minimum Gasteiger partial charge on any atom is -0.327 e. The summed E-state index contributed by atoms with van der Waals surface area (Å²) in [6.07, 6.45) is 12.0. The normalized spacial score (nSPS) is 32.1. The van der Waals surface area contributed by atoms with E-state index < -0.39 is 0 Å². The molecule has 17 heavy (non-hydrogen) atoms. The van der Waals surface area contributed by atoms with Crippen molar-refractivity contribution in [2.24, 2.45) is 11.7 Å². The number of hydrogen-bond acceptors (Lipinski definition) is 3. The van der Waals surface area contributed by atoms with Crippen LogP contribution in [-0.2, 0) is 0 Å². The topological polar surface area (TPSA) is 29.3 Å². The lowest BCUT2D eigenvalue weighted by atomic mass is 9.78. The van der Waals surface area contributed by atoms with Crippen molar-refractivity contribution in [1.82, 2.24) is 4.90 Å². The van der Waals surface area contributed by atoms with Crippen LogP contribution >= 0.6 is 11.8 Å². The number of hydrogen-bond donors (Lipinski definition) is 1. The molecule has 1 saturated heterocycles. The van der Waals surface area contributed by atoms with Gasteiger partial charge in [-0.3, -0.25) is 4.90 Å². The van der Waals surface area contributed by atoms with Crippen molar-refractivity contribution in [3.05, 3.63) is 0 Å². The van der Waals surface area contributed by atoms with Gasteiger partial charge in [0.05, 0.1) is 0 Å². The first-order chi connectivity index (χ1) is 8.31. The monoisotopic (exact) mass is 256 g/mol. The van der Waals surface area contributed by atoms with Crippen molar-refractivity contribution in [3.63, 3.8) is 0 Å². The lowest BCUT2D eigenvalue weighted by molar-refractivity contribution is 0.0560. The summed E-state index contributed by atoms with van der Waals surface area (Å²) in [6, 6.07) is 1.26. The number of fused-ring (bicyclic) bond motifs is 1. The van der Waals surface area contributed by atoms with Crippen LogP contribution in [-0.4, -0.2) is 42.1 Å². The van der Waals surface area contributed by atoms with Gasteiger partial charge >= 0.3 is 0 Å². The van der Waals surface area contributed by atoms with Crippen molar-refractivity contribution in [2.45, 2.75) is 57.0 Å². The van der Waals surface area contributed by atoms with E-state index in [1.165, 1.54) is 57.2 Å². The van der Waals surface area contributed by atoms with Crippen LogP contribution in [0.3, 0.4) is 0 Å². The quantitative estimate of drug-likeness (QED) is 0.820. The summed E-state index contributed by atoms with van der Waals surface area (Å²) < 4.78 is 0. The van der Waals surface area contributed by atoms with Gasteiger partial charge in [0.15, 0.2) is 0 Å². The lowest BCUT2D eigenvalue weighted by Crippen LogP contribution is -2.50. The molecule has 0 amide bonds. The summed E-state index contributed by atoms with van der Waals surface area (Å²) in [5, 5.41) is 0. The van der Waals surface area contributed by atoms with Gasteiger partial charge in [-0.05, 0) is 56.6 Å². The fourth-order valence-corrected chi connectivity index (χ4v) is 4.15. The van der Waals surface area contributed by atoms with E-state index in [1.54, 1.807) is 0 Å². The van der Waals surface area contributed by atoms with E-state index in [9.17, 15) is 0 Å². The third-order valence-corrected chi connectivity index (χ3v) is 5.16. The molecule has 0 aromatic rings. The molecule has 1 saturated carbocycles. The predicted octanol–water partition coefficient (Wildman–Crippen LogP) is 2.72. The molecule has 0 aromatic carbocycles. The molecule has 0 radical (unpaired) electrons. The van der Waals surface area contributed by atoms with Gasteiger partial charge in [0.2, 0.25) is 0 Å². The average Bonchev–Trinajstić information content (AvgIpc) is 2.37. The standard InChI is InChI=1S/C14H28N2S/c1-17-10-8-13(15)11-16-9-4-6-12-5-2-3-7-14(12)16/h12-14H,2-11,15H2,1H3/t12?,13-,14?/m0/s1. The zero-order valence-electron chi connectivity index (χ0n) is 11.2. The summed E-state index contributed by atoms with van der Waals surface area (Å²) in [7, 11) is 0. The molecule has 0 bridgehead atoms. The van der Waals surface area contributed by atoms with E-state index in [4.69, 9.17) is 5.73 Å². The Labute approximate surface area is 111 Å². The van der Waals surface area contributed by atoms with Crippen LogP contribution < -0.4 is 5.73 Å². The molecule has 3 atom stereocenters. The molecule has 0 aromatic heterocycles. The maximum atomic E-state index is 6.26. The number of piperidine rings is 1. The Morgan fingerprint density at radius 3 is 2.82 bits per heavy atom. The van der Waals surface area contributed by atoms with E-state index in [2.05, 4.69) is 11.2 Å². The summed E-state index contributed by atoms with van der Waals surface area (Å²) >= 11 is 1.92. The number of nitrogens with zero attached hydrogens (tertiary/aromatic N) is 1. The Morgan fingerprint density at radius 1 is 1.24 bits per heavy atom. The van der Waals surface area contributed by atoms with Gasteiger partial charge in [-0.15, -0.1) is 0 Å². The average molecular weight is 256 g/mol. The van der Waals surface area contributed by atoms with Crippen molar-refractivity contribution in [3.8, 4) is 0 Å². The molecule has 3 heteroatoms. The molecule has 0 spiro atoms. The second kappa shape index (κ2) is 7.01. The number of likely N-dealkylation sites (tertiary alicyclic amines) is 1. The Balaban J connectivity index is 1.81. The molecule has 2 nitrogen and oxygen atoms in total. The smallest absolute Gasteiger partial charge is 0.0175 e. The van der Waals surface area contributed by atoms with Crippen molar-refractivity contribution in [2.75, 3.05) is 25.1 Å². The second-order valence-electron chi connectivity index (χ2n) is 5.79. The van der Waals surface area contributed by atoms with Crippen LogP contribution in [0.4, 0.5) is 0 Å². The zero-order valence-corrected chi connectivity index (χ0v) is 12.1. The molecule has 100 valence electrons. The maximum Gasteiger partial charge on any atom is 0.0175 e. The molecule has 2 N–H and O–H groups in total. The van der Waals surface area contributed by atoms with Crippen LogP contribution in [0, 0.1) is 5.92 Å². The van der Waals surface area contributed by atoms with Crippen molar-refractivity contribution >= 4 is 11.8 Å². The molecule has 1 heterocycles. The first kappa shape index (κ1) is 13.7. The van der Waals surface area contributed by atoms with Gasteiger partial charge in [-0.2, -0.15) is 11.8 Å². The molecule has 2 fully saturated rings. The highest BCUT2D eigenvalue weighted by molar-refractivity contribution is 7.98. The zero-order chi connectivity index (χ0) is 12.1. The molecule has 1 aliphatic heterocycles. The number of nitrogens with two attached hydrogens (primary N) is 1. The molecule has 2 aliphatic rings.